The molecule has 0 aliphatic heterocycles. The third-order valence-electron chi connectivity index (χ3n) is 6.49. The van der Waals surface area contributed by atoms with Crippen LogP contribution in [0.25, 0.3) is 16.9 Å². The van der Waals surface area contributed by atoms with Crippen molar-refractivity contribution in [3.05, 3.63) is 127 Å². The fraction of sp³-hybridized carbons (Fsp3) is 0.361. The van der Waals surface area contributed by atoms with Crippen LogP contribution < -0.4 is 5.19 Å². The second-order valence-corrected chi connectivity index (χ2v) is 10.4. The van der Waals surface area contributed by atoms with Gasteiger partial charge in [-0.25, -0.2) is 5.57 Å². The molecule has 0 saturated carbocycles. The van der Waals surface area contributed by atoms with Crippen LogP contribution in [0.1, 0.15) is 73.1 Å². The van der Waals surface area contributed by atoms with Crippen LogP contribution in [-0.4, -0.2) is 16.8 Å². The minimum atomic E-state index is 0. The number of hydrogen-bond donors (Lipinski definition) is 0. The smallest absolute Gasteiger partial charge is 0.677 e. The van der Waals surface area contributed by atoms with E-state index in [0.29, 0.717) is 12.5 Å². The zero-order valence-corrected chi connectivity index (χ0v) is 28.4. The second-order valence-electron chi connectivity index (χ2n) is 9.53. The fourth-order valence-electron chi connectivity index (χ4n) is 3.81. The molecule has 39 heavy (non-hydrogen) atoms. The minimum absolute atomic E-state index is 0. The third-order valence-corrected chi connectivity index (χ3v) is 6.96. The van der Waals surface area contributed by atoms with Gasteiger partial charge in [-0.1, -0.05) is 168 Å². The molecule has 0 spiro atoms. The van der Waals surface area contributed by atoms with Crippen molar-refractivity contribution in [2.75, 3.05) is 6.54 Å². The maximum absolute atomic E-state index is 6.88. The molecule has 208 valence electrons. The van der Waals surface area contributed by atoms with Crippen LogP contribution in [-0.2, 0) is 21.7 Å². The molecule has 3 heteroatoms. The Kier molecular flexibility index (Phi) is 25.1. The van der Waals surface area contributed by atoms with Crippen molar-refractivity contribution in [2.45, 2.75) is 73.1 Å². The largest absolute Gasteiger partial charge is 3.00 e. The van der Waals surface area contributed by atoms with Gasteiger partial charge >= 0.3 is 21.7 Å². The summed E-state index contributed by atoms with van der Waals surface area (Å²) in [6.07, 6.45) is 11.1. The third kappa shape index (κ3) is 18.1. The first-order chi connectivity index (χ1) is 17.9. The molecule has 1 aliphatic carbocycles. The first-order valence-corrected chi connectivity index (χ1v) is 14.5. The number of rotatable bonds is 7. The Morgan fingerprint density at radius 3 is 1.38 bits per heavy atom. The van der Waals surface area contributed by atoms with Gasteiger partial charge < -0.3 is 13.2 Å². The summed E-state index contributed by atoms with van der Waals surface area (Å²) in [7, 11) is 1.90. The van der Waals surface area contributed by atoms with Crippen molar-refractivity contribution < 1.29 is 21.7 Å². The SMILES string of the molecule is CC1=[C-]C(C)C(C)=C1C.CCCCCCCC[NH-].[CH3-].[SiH2]c1ccccc1.[Ti+3].c1ccc(-c2ccccc2)cc1. The predicted octanol–water partition coefficient (Wildman–Crippen LogP) is 9.87. The summed E-state index contributed by atoms with van der Waals surface area (Å²) in [5, 5.41) is 1.35. The molecule has 0 saturated heterocycles. The quantitative estimate of drug-likeness (QED) is 0.153. The number of nitrogens with one attached hydrogen (secondary N) is 1. The van der Waals surface area contributed by atoms with Gasteiger partial charge in [0.05, 0.1) is 0 Å². The van der Waals surface area contributed by atoms with Crippen molar-refractivity contribution in [3.63, 3.8) is 0 Å². The summed E-state index contributed by atoms with van der Waals surface area (Å²) in [5.41, 5.74) is 13.7. The normalized spacial score (nSPS) is 13.1. The van der Waals surface area contributed by atoms with Gasteiger partial charge in [0.25, 0.3) is 0 Å². The Labute approximate surface area is 259 Å². The number of unbranched alkanes of at least 4 members (excludes halogenated alkanes) is 5. The maximum Gasteiger partial charge on any atom is 3.00 e. The second kappa shape index (κ2) is 25.0. The molecule has 0 heterocycles. The van der Waals surface area contributed by atoms with E-state index >= 15 is 0 Å². The molecule has 2 radical (unpaired) electrons. The molecule has 0 bridgehead atoms. The molecule has 1 unspecified atom stereocenters. The van der Waals surface area contributed by atoms with E-state index < -0.39 is 0 Å². The van der Waals surface area contributed by atoms with E-state index in [2.05, 4.69) is 101 Å². The molecule has 4 rings (SSSR count). The Bertz CT molecular complexity index is 970. The van der Waals surface area contributed by atoms with E-state index in [9.17, 15) is 0 Å². The number of benzene rings is 3. The van der Waals surface area contributed by atoms with Gasteiger partial charge in [-0.15, -0.1) is 6.92 Å². The molecule has 3 aromatic rings. The Balaban J connectivity index is 0. The topological polar surface area (TPSA) is 23.8 Å². The van der Waals surface area contributed by atoms with Gasteiger partial charge in [-0.2, -0.15) is 17.7 Å². The average Bonchev–Trinajstić information content (AvgIpc) is 3.16. The first-order valence-electron chi connectivity index (χ1n) is 13.8. The molecule has 1 nitrogen and oxygen atoms in total. The van der Waals surface area contributed by atoms with Crippen molar-refractivity contribution in [2.24, 2.45) is 5.92 Å². The van der Waals surface area contributed by atoms with Crippen LogP contribution in [0, 0.1) is 19.4 Å². The van der Waals surface area contributed by atoms with E-state index in [1.54, 1.807) is 0 Å². The molecular weight excluding hydrogens is 522 g/mol. The summed E-state index contributed by atoms with van der Waals surface area (Å²) < 4.78 is 0. The Morgan fingerprint density at radius 1 is 0.692 bits per heavy atom. The van der Waals surface area contributed by atoms with E-state index in [0.717, 1.165) is 6.42 Å². The van der Waals surface area contributed by atoms with Crippen LogP contribution in [0.15, 0.2) is 108 Å². The van der Waals surface area contributed by atoms with E-state index in [4.69, 9.17) is 5.73 Å². The van der Waals surface area contributed by atoms with Crippen molar-refractivity contribution >= 4 is 15.4 Å². The van der Waals surface area contributed by atoms with Crippen molar-refractivity contribution in [1.29, 1.82) is 0 Å². The molecular formula is C36H51NSiTi. The standard InChI is InChI=1S/C12H10.C9H13.C8H18N.C6H7Si.CH3.Ti/c1-3-7-11(8-4-1)12-9-5-2-6-10-12;1-6-5-7(2)9(4)8(6)3;1-2-3-4-5-6-7-8-9;7-6-4-2-1-3-5-6;;/h1-10H;6H,1-4H3;9H,2-8H2,1H3;1-5H,7H2;1H3;/q;2*-1;;-1;+3. The van der Waals surface area contributed by atoms with Gasteiger partial charge in [0, 0.05) is 10.2 Å². The summed E-state index contributed by atoms with van der Waals surface area (Å²) in [6, 6.07) is 31.1. The van der Waals surface area contributed by atoms with Gasteiger partial charge in [0.15, 0.2) is 0 Å². The molecule has 0 aromatic heterocycles. The minimum Gasteiger partial charge on any atom is -0.677 e. The number of allylic oxidation sites excluding steroid dienone is 4. The van der Waals surface area contributed by atoms with Crippen LogP contribution in [0.4, 0.5) is 0 Å². The predicted molar refractivity (Wildman–Crippen MR) is 175 cm³/mol. The Hall–Kier alpha value is -1.97. The monoisotopic (exact) mass is 573 g/mol. The summed E-state index contributed by atoms with van der Waals surface area (Å²) in [6.45, 7) is 11.5. The molecule has 0 fully saturated rings. The van der Waals surface area contributed by atoms with Crippen LogP contribution in [0.5, 0.6) is 0 Å². The van der Waals surface area contributed by atoms with E-state index in [1.807, 2.05) is 40.6 Å². The van der Waals surface area contributed by atoms with E-state index in [-0.39, 0.29) is 29.1 Å². The van der Waals surface area contributed by atoms with Gasteiger partial charge in [-0.3, -0.25) is 6.08 Å². The fourth-order valence-corrected chi connectivity index (χ4v) is 4.08. The molecule has 1 atom stereocenters. The first kappa shape index (κ1) is 39.2. The summed E-state index contributed by atoms with van der Waals surface area (Å²) >= 11 is 0. The van der Waals surface area contributed by atoms with Gasteiger partial charge in [-0.05, 0) is 11.1 Å². The van der Waals surface area contributed by atoms with Crippen LogP contribution in [0.3, 0.4) is 0 Å². The maximum atomic E-state index is 6.88. The number of hydrogen-bond acceptors (Lipinski definition) is 0. The zero-order chi connectivity index (χ0) is 27.3. The van der Waals surface area contributed by atoms with Crippen LogP contribution >= 0.6 is 0 Å². The Morgan fingerprint density at radius 2 is 1.10 bits per heavy atom. The van der Waals surface area contributed by atoms with Crippen LogP contribution in [0.2, 0.25) is 0 Å². The molecule has 0 amide bonds. The van der Waals surface area contributed by atoms with E-state index in [1.165, 1.54) is 65.1 Å². The van der Waals surface area contributed by atoms with Gasteiger partial charge in [0.1, 0.15) is 0 Å². The zero-order valence-electron chi connectivity index (χ0n) is 25.4. The average molecular weight is 574 g/mol. The van der Waals surface area contributed by atoms with Crippen molar-refractivity contribution in [3.8, 4) is 11.1 Å². The molecule has 1 N–H and O–H groups in total. The molecule has 1 aliphatic rings. The molecule has 3 aromatic carbocycles. The summed E-state index contributed by atoms with van der Waals surface area (Å²) in [4.78, 5) is 0. The summed E-state index contributed by atoms with van der Waals surface area (Å²) in [5.74, 6) is 0.560. The van der Waals surface area contributed by atoms with Gasteiger partial charge in [0.2, 0.25) is 0 Å². The van der Waals surface area contributed by atoms with Crippen molar-refractivity contribution in [1.82, 2.24) is 0 Å².